The van der Waals surface area contributed by atoms with Gasteiger partial charge in [-0.15, -0.1) is 11.8 Å². The first-order valence-corrected chi connectivity index (χ1v) is 8.67. The summed E-state index contributed by atoms with van der Waals surface area (Å²) in [6.07, 6.45) is 3.20. The highest BCUT2D eigenvalue weighted by molar-refractivity contribution is 7.99. The van der Waals surface area contributed by atoms with Crippen molar-refractivity contribution in [2.75, 3.05) is 18.9 Å². The van der Waals surface area contributed by atoms with Crippen LogP contribution in [0.15, 0.2) is 23.1 Å². The van der Waals surface area contributed by atoms with E-state index in [1.807, 2.05) is 30.0 Å². The molecule has 2 N–H and O–H groups in total. The number of nitrogens with one attached hydrogen (secondary N) is 2. The van der Waals surface area contributed by atoms with Crippen molar-refractivity contribution in [2.45, 2.75) is 36.3 Å². The summed E-state index contributed by atoms with van der Waals surface area (Å²) in [5.41, 5.74) is 1.12. The van der Waals surface area contributed by atoms with Gasteiger partial charge in [0, 0.05) is 28.8 Å². The van der Waals surface area contributed by atoms with Crippen LogP contribution in [-0.4, -0.2) is 31.0 Å². The van der Waals surface area contributed by atoms with Crippen molar-refractivity contribution in [1.82, 2.24) is 10.6 Å². The minimum Gasteiger partial charge on any atom is -0.376 e. The van der Waals surface area contributed by atoms with Gasteiger partial charge in [0.1, 0.15) is 0 Å². The lowest BCUT2D eigenvalue weighted by atomic mass is 10.0. The standard InChI is InChI=1S/C15H19ClN2O2S/c16-10-3-4-14-12(8-10)13(5-7-21-14)18-15(19)17-9-11-2-1-6-20-11/h3-4,8,11,13H,1-2,5-7,9H2,(H2,17,18,19)/t11-,13-/m0/s1. The molecular formula is C15H19ClN2O2S. The maximum absolute atomic E-state index is 12.0. The molecule has 0 spiro atoms. The number of urea groups is 1. The van der Waals surface area contributed by atoms with Gasteiger partial charge in [0.15, 0.2) is 0 Å². The molecule has 0 aromatic heterocycles. The number of rotatable bonds is 3. The molecule has 1 aromatic rings. The lowest BCUT2D eigenvalue weighted by molar-refractivity contribution is 0.111. The maximum Gasteiger partial charge on any atom is 0.315 e. The molecule has 6 heteroatoms. The molecule has 3 rings (SSSR count). The summed E-state index contributed by atoms with van der Waals surface area (Å²) in [5.74, 6) is 1.01. The highest BCUT2D eigenvalue weighted by atomic mass is 35.5. The fraction of sp³-hybridized carbons (Fsp3) is 0.533. The van der Waals surface area contributed by atoms with E-state index in [0.29, 0.717) is 11.6 Å². The van der Waals surface area contributed by atoms with Crippen molar-refractivity contribution in [3.8, 4) is 0 Å². The van der Waals surface area contributed by atoms with Gasteiger partial charge in [-0.2, -0.15) is 0 Å². The number of hydrogen-bond donors (Lipinski definition) is 2. The molecular weight excluding hydrogens is 308 g/mol. The Labute approximate surface area is 134 Å². The summed E-state index contributed by atoms with van der Waals surface area (Å²) < 4.78 is 5.50. The van der Waals surface area contributed by atoms with Gasteiger partial charge in [0.2, 0.25) is 0 Å². The molecule has 0 radical (unpaired) electrons. The number of amides is 2. The largest absolute Gasteiger partial charge is 0.376 e. The molecule has 0 bridgehead atoms. The number of carbonyl (C=O) groups is 1. The van der Waals surface area contributed by atoms with E-state index in [2.05, 4.69) is 10.6 Å². The van der Waals surface area contributed by atoms with Crippen molar-refractivity contribution in [1.29, 1.82) is 0 Å². The summed E-state index contributed by atoms with van der Waals surface area (Å²) >= 11 is 7.88. The fourth-order valence-electron chi connectivity index (χ4n) is 2.74. The van der Waals surface area contributed by atoms with Crippen molar-refractivity contribution >= 4 is 29.4 Å². The van der Waals surface area contributed by atoms with E-state index in [-0.39, 0.29) is 18.2 Å². The number of fused-ring (bicyclic) bond motifs is 1. The van der Waals surface area contributed by atoms with E-state index in [1.54, 1.807) is 0 Å². The van der Waals surface area contributed by atoms with Crippen LogP contribution in [0.1, 0.15) is 30.9 Å². The van der Waals surface area contributed by atoms with Crippen LogP contribution in [0.3, 0.4) is 0 Å². The molecule has 2 aliphatic heterocycles. The second-order valence-corrected chi connectivity index (χ2v) is 6.93. The van der Waals surface area contributed by atoms with Crippen molar-refractivity contribution < 1.29 is 9.53 Å². The predicted octanol–water partition coefficient (Wildman–Crippen LogP) is 3.36. The van der Waals surface area contributed by atoms with Crippen LogP contribution >= 0.6 is 23.4 Å². The Bertz CT molecular complexity index is 520. The number of halogens is 1. The maximum atomic E-state index is 12.0. The lowest BCUT2D eigenvalue weighted by Crippen LogP contribution is -2.42. The molecule has 1 fully saturated rings. The van der Waals surface area contributed by atoms with E-state index < -0.39 is 0 Å². The van der Waals surface area contributed by atoms with Crippen LogP contribution < -0.4 is 10.6 Å². The van der Waals surface area contributed by atoms with Gasteiger partial charge < -0.3 is 15.4 Å². The van der Waals surface area contributed by atoms with Crippen LogP contribution in [-0.2, 0) is 4.74 Å². The van der Waals surface area contributed by atoms with Gasteiger partial charge >= 0.3 is 6.03 Å². The first kappa shape index (κ1) is 15.0. The summed E-state index contributed by atoms with van der Waals surface area (Å²) in [6.45, 7) is 1.38. The molecule has 114 valence electrons. The first-order chi connectivity index (χ1) is 10.2. The summed E-state index contributed by atoms with van der Waals surface area (Å²) in [6, 6.07) is 5.78. The van der Waals surface area contributed by atoms with Crippen LogP contribution in [0.25, 0.3) is 0 Å². The van der Waals surface area contributed by atoms with Crippen LogP contribution in [0.4, 0.5) is 4.79 Å². The average molecular weight is 327 g/mol. The van der Waals surface area contributed by atoms with Gasteiger partial charge in [-0.05, 0) is 43.0 Å². The third-order valence-corrected chi connectivity index (χ3v) is 5.19. The first-order valence-electron chi connectivity index (χ1n) is 7.30. The third kappa shape index (κ3) is 3.84. The fourth-order valence-corrected chi connectivity index (χ4v) is 4.02. The zero-order valence-corrected chi connectivity index (χ0v) is 13.3. The van der Waals surface area contributed by atoms with E-state index in [9.17, 15) is 4.79 Å². The number of benzene rings is 1. The van der Waals surface area contributed by atoms with E-state index in [4.69, 9.17) is 16.3 Å². The van der Waals surface area contributed by atoms with Crippen LogP contribution in [0.5, 0.6) is 0 Å². The smallest absolute Gasteiger partial charge is 0.315 e. The Morgan fingerprint density at radius 3 is 3.14 bits per heavy atom. The van der Waals surface area contributed by atoms with Crippen LogP contribution in [0.2, 0.25) is 5.02 Å². The zero-order chi connectivity index (χ0) is 14.7. The normalized spacial score (nSPS) is 24.4. The molecule has 4 nitrogen and oxygen atoms in total. The highest BCUT2D eigenvalue weighted by Crippen LogP contribution is 2.37. The predicted molar refractivity (Wildman–Crippen MR) is 85.0 cm³/mol. The second kappa shape index (κ2) is 6.90. The number of ether oxygens (including phenoxy) is 1. The van der Waals surface area contributed by atoms with Gasteiger partial charge in [-0.3, -0.25) is 0 Å². The second-order valence-electron chi connectivity index (χ2n) is 5.36. The molecule has 21 heavy (non-hydrogen) atoms. The summed E-state index contributed by atoms with van der Waals surface area (Å²) in [5, 5.41) is 6.66. The van der Waals surface area contributed by atoms with Gasteiger partial charge in [0.05, 0.1) is 12.1 Å². The average Bonchev–Trinajstić information content (AvgIpc) is 2.99. The Balaban J connectivity index is 1.57. The van der Waals surface area contributed by atoms with Crippen molar-refractivity contribution in [3.63, 3.8) is 0 Å². The molecule has 2 aliphatic rings. The van der Waals surface area contributed by atoms with Crippen molar-refractivity contribution in [2.24, 2.45) is 0 Å². The molecule has 0 saturated carbocycles. The van der Waals surface area contributed by atoms with Gasteiger partial charge in [-0.1, -0.05) is 11.6 Å². The number of hydrogen-bond acceptors (Lipinski definition) is 3. The quantitative estimate of drug-likeness (QED) is 0.895. The Morgan fingerprint density at radius 1 is 1.43 bits per heavy atom. The monoisotopic (exact) mass is 326 g/mol. The third-order valence-electron chi connectivity index (χ3n) is 3.83. The molecule has 0 aliphatic carbocycles. The van der Waals surface area contributed by atoms with E-state index in [0.717, 1.165) is 37.2 Å². The summed E-state index contributed by atoms with van der Waals surface area (Å²) in [7, 11) is 0. The Morgan fingerprint density at radius 2 is 2.33 bits per heavy atom. The van der Waals surface area contributed by atoms with E-state index >= 15 is 0 Å². The van der Waals surface area contributed by atoms with Gasteiger partial charge in [-0.25, -0.2) is 4.79 Å². The Hall–Kier alpha value is -0.910. The molecule has 2 heterocycles. The van der Waals surface area contributed by atoms with Crippen molar-refractivity contribution in [3.05, 3.63) is 28.8 Å². The Kier molecular flexibility index (Phi) is 4.93. The molecule has 2 atom stereocenters. The molecule has 1 aromatic carbocycles. The molecule has 1 saturated heterocycles. The van der Waals surface area contributed by atoms with E-state index in [1.165, 1.54) is 4.90 Å². The topological polar surface area (TPSA) is 50.4 Å². The zero-order valence-electron chi connectivity index (χ0n) is 11.7. The minimum atomic E-state index is -0.131. The van der Waals surface area contributed by atoms with Crippen LogP contribution in [0, 0.1) is 0 Å². The molecule has 2 amide bonds. The number of carbonyl (C=O) groups excluding carboxylic acids is 1. The SMILES string of the molecule is O=C(NC[C@@H]1CCCO1)N[C@H]1CCSc2ccc(Cl)cc21. The van der Waals surface area contributed by atoms with Gasteiger partial charge in [0.25, 0.3) is 0 Å². The highest BCUT2D eigenvalue weighted by Gasteiger charge is 2.23. The number of thioether (sulfide) groups is 1. The minimum absolute atomic E-state index is 0.0319. The molecule has 0 unspecified atom stereocenters. The summed E-state index contributed by atoms with van der Waals surface area (Å²) in [4.78, 5) is 13.2. The lowest BCUT2D eigenvalue weighted by Gasteiger charge is -2.26.